The summed E-state index contributed by atoms with van der Waals surface area (Å²) in [4.78, 5) is 27.4. The Balaban J connectivity index is 1.50. The molecule has 1 aliphatic heterocycles. The number of amides is 2. The lowest BCUT2D eigenvalue weighted by atomic mass is 9.47. The fraction of sp³-hybridized carbons (Fsp3) is 0.840. The summed E-state index contributed by atoms with van der Waals surface area (Å²) in [6.45, 7) is 9.07. The van der Waals surface area contributed by atoms with E-state index in [0.717, 1.165) is 44.9 Å². The minimum Gasteiger partial charge on any atom is -0.349 e. The van der Waals surface area contributed by atoms with Crippen molar-refractivity contribution in [1.29, 1.82) is 0 Å². The number of alkyl halides is 3. The number of nitrogens with zero attached hydrogens (tertiary/aromatic N) is 1. The Hall–Kier alpha value is -1.53. The number of hydrogen-bond acceptors (Lipinski definition) is 2. The van der Waals surface area contributed by atoms with Gasteiger partial charge >= 0.3 is 6.18 Å². The van der Waals surface area contributed by atoms with Gasteiger partial charge in [-0.1, -0.05) is 20.4 Å². The van der Waals surface area contributed by atoms with Crippen LogP contribution in [0.3, 0.4) is 0 Å². The van der Waals surface area contributed by atoms with Crippen LogP contribution in [0.5, 0.6) is 0 Å². The summed E-state index contributed by atoms with van der Waals surface area (Å²) in [5.74, 6) is 1.22. The molecule has 4 nitrogen and oxygen atoms in total. The highest BCUT2D eigenvalue weighted by atomic mass is 19.4. The Morgan fingerprint density at radius 2 is 1.75 bits per heavy atom. The van der Waals surface area contributed by atoms with Crippen molar-refractivity contribution in [1.82, 2.24) is 10.2 Å². The van der Waals surface area contributed by atoms with Gasteiger partial charge in [0.25, 0.3) is 0 Å². The van der Waals surface area contributed by atoms with Crippen LogP contribution in [0.2, 0.25) is 0 Å². The molecule has 0 spiro atoms. The predicted molar refractivity (Wildman–Crippen MR) is 116 cm³/mol. The minimum atomic E-state index is -4.50. The molecular formula is C25H37F3N2O2. The summed E-state index contributed by atoms with van der Waals surface area (Å²) in [6, 6.07) is -0.824. The molecule has 0 aromatic heterocycles. The zero-order chi connectivity index (χ0) is 23.6. The van der Waals surface area contributed by atoms with E-state index in [9.17, 15) is 22.8 Å². The molecule has 8 atom stereocenters. The summed E-state index contributed by atoms with van der Waals surface area (Å²) in [6.07, 6.45) is 2.76. The number of likely N-dealkylation sites (tertiary alicyclic amines) is 1. The monoisotopic (exact) mass is 454 g/mol. The topological polar surface area (TPSA) is 49.4 Å². The van der Waals surface area contributed by atoms with E-state index in [2.05, 4.69) is 25.7 Å². The van der Waals surface area contributed by atoms with E-state index in [1.165, 1.54) is 6.92 Å². The summed E-state index contributed by atoms with van der Waals surface area (Å²) in [5.41, 5.74) is -0.965. The molecule has 2 amide bonds. The van der Waals surface area contributed by atoms with Gasteiger partial charge in [-0.05, 0) is 80.5 Å². The maximum Gasteiger partial charge on any atom is 0.414 e. The van der Waals surface area contributed by atoms with E-state index in [4.69, 9.17) is 0 Å². The highest BCUT2D eigenvalue weighted by Crippen LogP contribution is 2.66. The van der Waals surface area contributed by atoms with Crippen molar-refractivity contribution in [2.24, 2.45) is 34.5 Å². The third kappa shape index (κ3) is 3.49. The molecule has 3 saturated carbocycles. The Bertz CT molecular complexity index is 811. The molecule has 1 saturated heterocycles. The van der Waals surface area contributed by atoms with Gasteiger partial charge in [0.05, 0.1) is 6.04 Å². The normalized spacial score (nSPS) is 42.5. The summed E-state index contributed by atoms with van der Waals surface area (Å²) in [5, 5.41) is 2.62. The fourth-order valence-corrected chi connectivity index (χ4v) is 8.23. The van der Waals surface area contributed by atoms with E-state index >= 15 is 0 Å². The Kier molecular flexibility index (Phi) is 5.73. The van der Waals surface area contributed by atoms with Crippen LogP contribution in [0.4, 0.5) is 13.2 Å². The van der Waals surface area contributed by atoms with Crippen LogP contribution in [-0.4, -0.2) is 42.0 Å². The van der Waals surface area contributed by atoms with Crippen LogP contribution in [0, 0.1) is 34.5 Å². The Morgan fingerprint density at radius 3 is 2.41 bits per heavy atom. The first-order chi connectivity index (χ1) is 14.8. The van der Waals surface area contributed by atoms with Gasteiger partial charge in [-0.25, -0.2) is 0 Å². The van der Waals surface area contributed by atoms with Crippen LogP contribution in [0.15, 0.2) is 12.2 Å². The number of nitrogens with one attached hydrogen (secondary N) is 1. The van der Waals surface area contributed by atoms with E-state index in [0.29, 0.717) is 30.2 Å². The third-order valence-corrected chi connectivity index (χ3v) is 10.1. The zero-order valence-corrected chi connectivity index (χ0v) is 19.7. The van der Waals surface area contributed by atoms with Crippen molar-refractivity contribution in [2.45, 2.75) is 90.4 Å². The van der Waals surface area contributed by atoms with E-state index in [1.54, 1.807) is 0 Å². The van der Waals surface area contributed by atoms with E-state index in [-0.39, 0.29) is 28.6 Å². The number of halogens is 3. The average molecular weight is 455 g/mol. The first kappa shape index (κ1) is 23.6. The number of carbonyl (C=O) groups excluding carboxylic acids is 2. The van der Waals surface area contributed by atoms with Gasteiger partial charge in [0, 0.05) is 31.0 Å². The second-order valence-corrected chi connectivity index (χ2v) is 11.4. The molecule has 4 rings (SSSR count). The van der Waals surface area contributed by atoms with Gasteiger partial charge in [0.15, 0.2) is 0 Å². The van der Waals surface area contributed by atoms with Gasteiger partial charge in [0.2, 0.25) is 11.8 Å². The van der Waals surface area contributed by atoms with Crippen LogP contribution in [0.25, 0.3) is 0 Å². The largest absolute Gasteiger partial charge is 0.414 e. The van der Waals surface area contributed by atoms with Crippen molar-refractivity contribution < 1.29 is 22.8 Å². The number of hydrogen-bond donors (Lipinski definition) is 1. The standard InChI is InChI=1S/C25H37F3N2O2/c1-14(25(26,27)28)15(2)29-22(32)19-8-7-17-16-6-9-20-24(4,13-11-21(31)30(20)5)18(16)10-12-23(17,19)3/h15-20H,1,6-13H2,2-5H3,(H,29,32)/t15?,16-,17-,18+,19?,20?,23-,24+/m0/s1. The van der Waals surface area contributed by atoms with Crippen LogP contribution in [0.1, 0.15) is 72.1 Å². The van der Waals surface area contributed by atoms with Crippen molar-refractivity contribution in [3.8, 4) is 0 Å². The van der Waals surface area contributed by atoms with E-state index < -0.39 is 17.8 Å². The highest BCUT2D eigenvalue weighted by molar-refractivity contribution is 5.80. The summed E-state index contributed by atoms with van der Waals surface area (Å²) >= 11 is 0. The van der Waals surface area contributed by atoms with Crippen LogP contribution >= 0.6 is 0 Å². The first-order valence-electron chi connectivity index (χ1n) is 12.1. The van der Waals surface area contributed by atoms with Gasteiger partial charge < -0.3 is 10.2 Å². The molecule has 0 aromatic rings. The molecule has 4 fully saturated rings. The highest BCUT2D eigenvalue weighted by Gasteiger charge is 2.62. The second kappa shape index (κ2) is 7.76. The summed E-state index contributed by atoms with van der Waals surface area (Å²) < 4.78 is 39.0. The molecule has 180 valence electrons. The number of piperidine rings is 1. The van der Waals surface area contributed by atoms with Crippen LogP contribution in [-0.2, 0) is 9.59 Å². The molecule has 0 aromatic carbocycles. The van der Waals surface area contributed by atoms with Gasteiger partial charge in [-0.3, -0.25) is 9.59 Å². The molecule has 32 heavy (non-hydrogen) atoms. The molecule has 1 heterocycles. The fourth-order valence-electron chi connectivity index (χ4n) is 8.23. The van der Waals surface area contributed by atoms with Crippen molar-refractivity contribution >= 4 is 11.8 Å². The average Bonchev–Trinajstić information content (AvgIpc) is 3.07. The molecule has 4 aliphatic rings. The second-order valence-electron chi connectivity index (χ2n) is 11.4. The number of fused-ring (bicyclic) bond motifs is 5. The number of rotatable bonds is 3. The predicted octanol–water partition coefficient (Wildman–Crippen LogP) is 5.09. The number of carbonyl (C=O) groups is 2. The van der Waals surface area contributed by atoms with E-state index in [1.807, 2.05) is 11.9 Å². The molecule has 3 unspecified atom stereocenters. The maximum absolute atomic E-state index is 13.1. The maximum atomic E-state index is 13.1. The molecule has 1 N–H and O–H groups in total. The van der Waals surface area contributed by atoms with Crippen molar-refractivity contribution in [2.75, 3.05) is 7.05 Å². The lowest BCUT2D eigenvalue weighted by Gasteiger charge is -2.61. The molecule has 0 bridgehead atoms. The van der Waals surface area contributed by atoms with Crippen molar-refractivity contribution in [3.63, 3.8) is 0 Å². The molecule has 3 aliphatic carbocycles. The smallest absolute Gasteiger partial charge is 0.349 e. The zero-order valence-electron chi connectivity index (χ0n) is 19.7. The quantitative estimate of drug-likeness (QED) is 0.604. The Morgan fingerprint density at radius 1 is 1.09 bits per heavy atom. The van der Waals surface area contributed by atoms with Gasteiger partial charge in [-0.15, -0.1) is 0 Å². The third-order valence-electron chi connectivity index (χ3n) is 10.1. The van der Waals surface area contributed by atoms with Crippen LogP contribution < -0.4 is 5.32 Å². The molecule has 7 heteroatoms. The lowest BCUT2D eigenvalue weighted by Crippen LogP contribution is -2.61. The molecular weight excluding hydrogens is 417 g/mol. The van der Waals surface area contributed by atoms with Crippen molar-refractivity contribution in [3.05, 3.63) is 12.2 Å². The van der Waals surface area contributed by atoms with Gasteiger partial charge in [-0.2, -0.15) is 13.2 Å². The SMILES string of the molecule is C=C(C(C)NC(=O)C1CC[C@H]2[C@@H]3CCC4N(C)C(=O)CC[C@]4(C)[C@@H]3CC[C@]12C)C(F)(F)F. The van der Waals surface area contributed by atoms with Gasteiger partial charge in [0.1, 0.15) is 0 Å². The molecule has 0 radical (unpaired) electrons. The minimum absolute atomic E-state index is 0.117. The first-order valence-corrected chi connectivity index (χ1v) is 12.1. The summed E-state index contributed by atoms with van der Waals surface area (Å²) in [7, 11) is 1.95. The lowest BCUT2D eigenvalue weighted by molar-refractivity contribution is -0.159. The Labute approximate surface area is 189 Å².